The summed E-state index contributed by atoms with van der Waals surface area (Å²) in [5, 5.41) is 10.8. The molecule has 1 aliphatic carbocycles. The number of phenols is 1. The van der Waals surface area contributed by atoms with Crippen molar-refractivity contribution in [2.45, 2.75) is 12.3 Å². The molecule has 18 heavy (non-hydrogen) atoms. The third kappa shape index (κ3) is 2.26. The molecular formula is C13H17NO4. The molecule has 1 amide bonds. The average molecular weight is 251 g/mol. The van der Waals surface area contributed by atoms with E-state index in [0.29, 0.717) is 5.75 Å². The second kappa shape index (κ2) is 4.86. The maximum atomic E-state index is 11.9. The van der Waals surface area contributed by atoms with Crippen molar-refractivity contribution in [1.82, 2.24) is 5.06 Å². The van der Waals surface area contributed by atoms with E-state index in [0.717, 1.165) is 12.0 Å². The molecule has 0 aliphatic heterocycles. The second-order valence-electron chi connectivity index (χ2n) is 4.40. The number of amides is 1. The van der Waals surface area contributed by atoms with Gasteiger partial charge in [0.2, 0.25) is 5.91 Å². The van der Waals surface area contributed by atoms with Gasteiger partial charge < -0.3 is 9.84 Å². The van der Waals surface area contributed by atoms with E-state index in [2.05, 4.69) is 0 Å². The van der Waals surface area contributed by atoms with Gasteiger partial charge in [0.1, 0.15) is 0 Å². The normalized spacial score (nSPS) is 21.5. The quantitative estimate of drug-likeness (QED) is 0.824. The molecule has 1 aromatic carbocycles. The number of methoxy groups -OCH3 is 1. The van der Waals surface area contributed by atoms with Gasteiger partial charge in [-0.2, -0.15) is 0 Å². The van der Waals surface area contributed by atoms with E-state index in [4.69, 9.17) is 9.57 Å². The minimum atomic E-state index is -0.0378. The first-order valence-electron chi connectivity index (χ1n) is 5.77. The Labute approximate surface area is 106 Å². The highest BCUT2D eigenvalue weighted by Crippen LogP contribution is 2.49. The highest BCUT2D eigenvalue weighted by molar-refractivity contribution is 5.82. The molecule has 98 valence electrons. The Morgan fingerprint density at radius 1 is 1.44 bits per heavy atom. The number of benzene rings is 1. The smallest absolute Gasteiger partial charge is 0.249 e. The lowest BCUT2D eigenvalue weighted by molar-refractivity contribution is -0.170. The summed E-state index contributed by atoms with van der Waals surface area (Å²) in [7, 11) is 4.58. The Bertz CT molecular complexity index is 460. The maximum Gasteiger partial charge on any atom is 0.249 e. The molecule has 0 spiro atoms. The first kappa shape index (κ1) is 12.7. The zero-order valence-electron chi connectivity index (χ0n) is 10.7. The van der Waals surface area contributed by atoms with E-state index >= 15 is 0 Å². The summed E-state index contributed by atoms with van der Waals surface area (Å²) in [5.74, 6) is 0.674. The van der Waals surface area contributed by atoms with Crippen LogP contribution in [0.5, 0.6) is 11.5 Å². The summed E-state index contributed by atoms with van der Waals surface area (Å²) in [6.45, 7) is 0. The molecular weight excluding hydrogens is 234 g/mol. The largest absolute Gasteiger partial charge is 0.504 e. The van der Waals surface area contributed by atoms with Gasteiger partial charge in [-0.1, -0.05) is 6.07 Å². The fraction of sp³-hybridized carbons (Fsp3) is 0.462. The number of hydroxylamine groups is 2. The van der Waals surface area contributed by atoms with Crippen LogP contribution in [-0.2, 0) is 9.63 Å². The van der Waals surface area contributed by atoms with Crippen molar-refractivity contribution in [2.75, 3.05) is 21.3 Å². The number of ether oxygens (including phenoxy) is 1. The summed E-state index contributed by atoms with van der Waals surface area (Å²) in [6.07, 6.45) is 0.806. The standard InChI is InChI=1S/C13H17NO4/c1-14(18-3)13(16)10-7-9(10)8-4-5-11(15)12(6-8)17-2/h4-6,9-10,15H,7H2,1-3H3. The molecule has 1 aromatic rings. The molecule has 0 aromatic heterocycles. The van der Waals surface area contributed by atoms with Crippen LogP contribution in [-0.4, -0.2) is 37.3 Å². The lowest BCUT2D eigenvalue weighted by Crippen LogP contribution is -2.27. The van der Waals surface area contributed by atoms with Gasteiger partial charge in [-0.15, -0.1) is 0 Å². The van der Waals surface area contributed by atoms with Crippen LogP contribution in [0.15, 0.2) is 18.2 Å². The number of phenolic OH excluding ortho intramolecular Hbond substituents is 1. The van der Waals surface area contributed by atoms with Crippen molar-refractivity contribution in [2.24, 2.45) is 5.92 Å². The van der Waals surface area contributed by atoms with Crippen molar-refractivity contribution in [3.8, 4) is 11.5 Å². The lowest BCUT2D eigenvalue weighted by atomic mass is 10.1. The van der Waals surface area contributed by atoms with Crippen molar-refractivity contribution in [1.29, 1.82) is 0 Å². The van der Waals surface area contributed by atoms with Gasteiger partial charge in [0.25, 0.3) is 0 Å². The van der Waals surface area contributed by atoms with Crippen molar-refractivity contribution >= 4 is 5.91 Å². The van der Waals surface area contributed by atoms with E-state index in [9.17, 15) is 9.90 Å². The lowest BCUT2D eigenvalue weighted by Gasteiger charge is -2.13. The van der Waals surface area contributed by atoms with Crippen LogP contribution in [0.4, 0.5) is 0 Å². The van der Waals surface area contributed by atoms with E-state index in [1.54, 1.807) is 19.2 Å². The number of nitrogens with zero attached hydrogens (tertiary/aromatic N) is 1. The third-order valence-electron chi connectivity index (χ3n) is 3.32. The topological polar surface area (TPSA) is 59.0 Å². The first-order chi connectivity index (χ1) is 8.58. The molecule has 0 bridgehead atoms. The molecule has 1 aliphatic rings. The average Bonchev–Trinajstić information content (AvgIpc) is 3.17. The Kier molecular flexibility index (Phi) is 3.43. The molecule has 2 rings (SSSR count). The molecule has 5 heteroatoms. The molecule has 5 nitrogen and oxygen atoms in total. The fourth-order valence-corrected chi connectivity index (χ4v) is 2.08. The van der Waals surface area contributed by atoms with Crippen molar-refractivity contribution in [3.63, 3.8) is 0 Å². The number of hydrogen-bond donors (Lipinski definition) is 1. The van der Waals surface area contributed by atoms with Crippen LogP contribution in [0.3, 0.4) is 0 Å². The third-order valence-corrected chi connectivity index (χ3v) is 3.32. The van der Waals surface area contributed by atoms with Gasteiger partial charge in [0, 0.05) is 13.0 Å². The number of carbonyl (C=O) groups excluding carboxylic acids is 1. The highest BCUT2D eigenvalue weighted by atomic mass is 16.7. The van der Waals surface area contributed by atoms with Crippen LogP contribution in [0.1, 0.15) is 17.9 Å². The minimum Gasteiger partial charge on any atom is -0.504 e. The maximum absolute atomic E-state index is 11.9. The predicted octanol–water partition coefficient (Wildman–Crippen LogP) is 1.52. The molecule has 0 radical (unpaired) electrons. The SMILES string of the molecule is COc1cc(C2CC2C(=O)N(C)OC)ccc1O. The predicted molar refractivity (Wildman–Crippen MR) is 65.3 cm³/mol. The molecule has 0 saturated heterocycles. The monoisotopic (exact) mass is 251 g/mol. The summed E-state index contributed by atoms with van der Waals surface area (Å²) in [4.78, 5) is 16.7. The van der Waals surface area contributed by atoms with E-state index < -0.39 is 0 Å². The van der Waals surface area contributed by atoms with Crippen LogP contribution in [0, 0.1) is 5.92 Å². The molecule has 1 N–H and O–H groups in total. The summed E-state index contributed by atoms with van der Waals surface area (Å²) in [6, 6.07) is 5.19. The van der Waals surface area contributed by atoms with Crippen LogP contribution in [0.2, 0.25) is 0 Å². The van der Waals surface area contributed by atoms with Crippen molar-refractivity contribution in [3.05, 3.63) is 23.8 Å². The van der Waals surface area contributed by atoms with Gasteiger partial charge >= 0.3 is 0 Å². The first-order valence-corrected chi connectivity index (χ1v) is 5.77. The summed E-state index contributed by atoms with van der Waals surface area (Å²) < 4.78 is 5.06. The number of carbonyl (C=O) groups is 1. The summed E-state index contributed by atoms with van der Waals surface area (Å²) in [5.41, 5.74) is 1.01. The van der Waals surface area contributed by atoms with Gasteiger partial charge in [-0.25, -0.2) is 5.06 Å². The molecule has 2 unspecified atom stereocenters. The molecule has 2 atom stereocenters. The zero-order valence-corrected chi connectivity index (χ0v) is 10.7. The minimum absolute atomic E-state index is 0.0189. The van der Waals surface area contributed by atoms with E-state index in [1.165, 1.54) is 19.3 Å². The Hall–Kier alpha value is -1.75. The van der Waals surface area contributed by atoms with Crippen LogP contribution < -0.4 is 4.74 Å². The van der Waals surface area contributed by atoms with Crippen LogP contribution in [0.25, 0.3) is 0 Å². The van der Waals surface area contributed by atoms with Gasteiger partial charge in [0.15, 0.2) is 11.5 Å². The van der Waals surface area contributed by atoms with Gasteiger partial charge in [0.05, 0.1) is 14.2 Å². The van der Waals surface area contributed by atoms with Gasteiger partial charge in [-0.3, -0.25) is 9.63 Å². The Morgan fingerprint density at radius 2 is 2.17 bits per heavy atom. The molecule has 0 heterocycles. The highest BCUT2D eigenvalue weighted by Gasteiger charge is 2.45. The number of aromatic hydroxyl groups is 1. The fourth-order valence-electron chi connectivity index (χ4n) is 2.08. The summed E-state index contributed by atoms with van der Waals surface area (Å²) >= 11 is 0. The Balaban J connectivity index is 2.10. The zero-order chi connectivity index (χ0) is 13.3. The number of rotatable bonds is 4. The van der Waals surface area contributed by atoms with Gasteiger partial charge in [-0.05, 0) is 30.0 Å². The second-order valence-corrected chi connectivity index (χ2v) is 4.40. The molecule has 1 saturated carbocycles. The van der Waals surface area contributed by atoms with E-state index in [-0.39, 0.29) is 23.5 Å². The Morgan fingerprint density at radius 3 is 2.78 bits per heavy atom. The van der Waals surface area contributed by atoms with Crippen molar-refractivity contribution < 1.29 is 19.5 Å². The van der Waals surface area contributed by atoms with E-state index in [1.807, 2.05) is 6.07 Å². The number of hydrogen-bond acceptors (Lipinski definition) is 4. The molecule has 1 fully saturated rings. The van der Waals surface area contributed by atoms with Crippen LogP contribution >= 0.6 is 0 Å².